The Balaban J connectivity index is 1.78. The molecule has 0 radical (unpaired) electrons. The van der Waals surface area contributed by atoms with Crippen LogP contribution in [0.4, 0.5) is 4.79 Å². The van der Waals surface area contributed by atoms with Crippen LogP contribution in [0.2, 0.25) is 10.0 Å². The summed E-state index contributed by atoms with van der Waals surface area (Å²) in [4.78, 5) is 26.1. The van der Waals surface area contributed by atoms with Crippen LogP contribution in [0.5, 0.6) is 0 Å². The van der Waals surface area contributed by atoms with Crippen LogP contribution in [0.1, 0.15) is 35.2 Å². The Hall–Kier alpha value is -2.24. The lowest BCUT2D eigenvalue weighted by Gasteiger charge is -2.36. The van der Waals surface area contributed by atoms with E-state index in [-0.39, 0.29) is 25.0 Å². The Kier molecular flexibility index (Phi) is 6.47. The fourth-order valence-corrected chi connectivity index (χ4v) is 4.10. The lowest BCUT2D eigenvalue weighted by molar-refractivity contribution is -0.133. The zero-order valence-corrected chi connectivity index (χ0v) is 17.2. The SMILES string of the molecule is COC(=O)OCc1cccc2c1CCN(C(=O)Cc1c(Cl)cccc1Cl)[C@H]2C. The number of fused-ring (bicyclic) bond motifs is 1. The van der Waals surface area contributed by atoms with Gasteiger partial charge >= 0.3 is 6.16 Å². The Morgan fingerprint density at radius 1 is 1.14 bits per heavy atom. The molecule has 7 heteroatoms. The van der Waals surface area contributed by atoms with Gasteiger partial charge in [-0.25, -0.2) is 4.79 Å². The average Bonchev–Trinajstić information content (AvgIpc) is 2.69. The number of ether oxygens (including phenoxy) is 2. The van der Waals surface area contributed by atoms with E-state index in [0.717, 1.165) is 16.7 Å². The fraction of sp³-hybridized carbons (Fsp3) is 0.333. The van der Waals surface area contributed by atoms with E-state index in [0.29, 0.717) is 28.6 Å². The van der Waals surface area contributed by atoms with Crippen molar-refractivity contribution in [2.75, 3.05) is 13.7 Å². The minimum Gasteiger partial charge on any atom is -0.438 e. The molecule has 1 aliphatic rings. The molecule has 1 amide bonds. The summed E-state index contributed by atoms with van der Waals surface area (Å²) in [6, 6.07) is 11.0. The van der Waals surface area contributed by atoms with E-state index in [9.17, 15) is 9.59 Å². The third-order valence-corrected chi connectivity index (χ3v) is 5.76. The van der Waals surface area contributed by atoms with Crippen LogP contribution in [0.3, 0.4) is 0 Å². The number of benzene rings is 2. The summed E-state index contributed by atoms with van der Waals surface area (Å²) in [6.45, 7) is 2.71. The van der Waals surface area contributed by atoms with Gasteiger partial charge in [-0.15, -0.1) is 0 Å². The fourth-order valence-electron chi connectivity index (χ4n) is 3.57. The van der Waals surface area contributed by atoms with Crippen LogP contribution < -0.4 is 0 Å². The number of hydrogen-bond donors (Lipinski definition) is 0. The number of amides is 1. The molecule has 0 unspecified atom stereocenters. The van der Waals surface area contributed by atoms with Crippen LogP contribution in [-0.2, 0) is 33.7 Å². The molecule has 0 aromatic heterocycles. The van der Waals surface area contributed by atoms with E-state index in [1.54, 1.807) is 18.2 Å². The molecule has 0 aliphatic carbocycles. The maximum absolute atomic E-state index is 13.0. The molecule has 0 bridgehead atoms. The first-order valence-electron chi connectivity index (χ1n) is 8.96. The van der Waals surface area contributed by atoms with Gasteiger partial charge in [0.25, 0.3) is 0 Å². The van der Waals surface area contributed by atoms with E-state index in [1.807, 2.05) is 30.0 Å². The van der Waals surface area contributed by atoms with Crippen LogP contribution in [0.15, 0.2) is 36.4 Å². The molecule has 3 rings (SSSR count). The highest BCUT2D eigenvalue weighted by Gasteiger charge is 2.29. The zero-order chi connectivity index (χ0) is 20.3. The van der Waals surface area contributed by atoms with Crippen molar-refractivity contribution >= 4 is 35.3 Å². The molecule has 0 N–H and O–H groups in total. The minimum absolute atomic E-state index is 0.0237. The molecule has 2 aromatic rings. The molecule has 0 spiro atoms. The van der Waals surface area contributed by atoms with Crippen molar-refractivity contribution in [3.63, 3.8) is 0 Å². The van der Waals surface area contributed by atoms with E-state index < -0.39 is 6.16 Å². The monoisotopic (exact) mass is 421 g/mol. The largest absolute Gasteiger partial charge is 0.508 e. The summed E-state index contributed by atoms with van der Waals surface area (Å²) in [6.07, 6.45) is 0.126. The molecule has 1 atom stereocenters. The highest BCUT2D eigenvalue weighted by Crippen LogP contribution is 2.33. The molecule has 5 nitrogen and oxygen atoms in total. The van der Waals surface area contributed by atoms with Crippen molar-refractivity contribution < 1.29 is 19.1 Å². The van der Waals surface area contributed by atoms with E-state index in [1.165, 1.54) is 7.11 Å². The molecular weight excluding hydrogens is 401 g/mol. The normalized spacial score (nSPS) is 15.7. The molecule has 2 aromatic carbocycles. The van der Waals surface area contributed by atoms with Gasteiger partial charge in [0.1, 0.15) is 6.61 Å². The predicted molar refractivity (Wildman–Crippen MR) is 108 cm³/mol. The number of rotatable bonds is 4. The first-order chi connectivity index (χ1) is 13.4. The number of hydrogen-bond acceptors (Lipinski definition) is 4. The first kappa shape index (κ1) is 20.5. The maximum atomic E-state index is 13.0. The maximum Gasteiger partial charge on any atom is 0.508 e. The van der Waals surface area contributed by atoms with Crippen LogP contribution >= 0.6 is 23.2 Å². The number of carbonyl (C=O) groups is 2. The summed E-state index contributed by atoms with van der Waals surface area (Å²) in [5.41, 5.74) is 3.74. The Labute approximate surface area is 174 Å². The van der Waals surface area contributed by atoms with Gasteiger partial charge in [0.15, 0.2) is 0 Å². The highest BCUT2D eigenvalue weighted by molar-refractivity contribution is 6.36. The second-order valence-corrected chi connectivity index (χ2v) is 7.43. The van der Waals surface area contributed by atoms with Crippen LogP contribution in [0, 0.1) is 0 Å². The van der Waals surface area contributed by atoms with Gasteiger partial charge in [0.2, 0.25) is 5.91 Å². The quantitative estimate of drug-likeness (QED) is 0.654. The smallest absolute Gasteiger partial charge is 0.438 e. The second-order valence-electron chi connectivity index (χ2n) is 6.62. The van der Waals surface area contributed by atoms with Gasteiger partial charge < -0.3 is 14.4 Å². The standard InChI is InChI=1S/C21H21Cl2NO4/c1-13-15-6-3-5-14(12-28-21(26)27-2)16(15)9-10-24(13)20(25)11-17-18(22)7-4-8-19(17)23/h3-8,13H,9-12H2,1-2H3/t13-/m0/s1. The van der Waals surface area contributed by atoms with Gasteiger partial charge in [-0.05, 0) is 47.7 Å². The number of carbonyl (C=O) groups excluding carboxylic acids is 2. The van der Waals surface area contributed by atoms with Gasteiger partial charge in [-0.1, -0.05) is 47.5 Å². The third-order valence-electron chi connectivity index (χ3n) is 5.05. The molecule has 0 saturated carbocycles. The Morgan fingerprint density at radius 2 is 1.82 bits per heavy atom. The summed E-state index contributed by atoms with van der Waals surface area (Å²) < 4.78 is 9.61. The molecular formula is C21H21Cl2NO4. The van der Waals surface area contributed by atoms with Crippen molar-refractivity contribution in [2.24, 2.45) is 0 Å². The van der Waals surface area contributed by atoms with Crippen molar-refractivity contribution in [3.8, 4) is 0 Å². The van der Waals surface area contributed by atoms with Crippen molar-refractivity contribution in [1.29, 1.82) is 0 Å². The second kappa shape index (κ2) is 8.84. The van der Waals surface area contributed by atoms with Crippen LogP contribution in [-0.4, -0.2) is 30.6 Å². The Morgan fingerprint density at radius 3 is 2.50 bits per heavy atom. The van der Waals surface area contributed by atoms with Gasteiger partial charge in [-0.3, -0.25) is 4.79 Å². The lowest BCUT2D eigenvalue weighted by Crippen LogP contribution is -2.40. The molecule has 1 aliphatic heterocycles. The summed E-state index contributed by atoms with van der Waals surface area (Å²) >= 11 is 12.4. The van der Waals surface area contributed by atoms with Crippen molar-refractivity contribution in [1.82, 2.24) is 4.90 Å². The minimum atomic E-state index is -0.713. The van der Waals surface area contributed by atoms with Gasteiger partial charge in [0.05, 0.1) is 19.6 Å². The number of nitrogens with zero attached hydrogens (tertiary/aromatic N) is 1. The average molecular weight is 422 g/mol. The Bertz CT molecular complexity index is 880. The summed E-state index contributed by atoms with van der Waals surface area (Å²) in [7, 11) is 1.28. The highest BCUT2D eigenvalue weighted by atomic mass is 35.5. The summed E-state index contributed by atoms with van der Waals surface area (Å²) in [5, 5.41) is 0.987. The third kappa shape index (κ3) is 4.26. The number of methoxy groups -OCH3 is 1. The molecule has 0 saturated heterocycles. The molecule has 0 fully saturated rings. The molecule has 28 heavy (non-hydrogen) atoms. The zero-order valence-electron chi connectivity index (χ0n) is 15.7. The van der Waals surface area contributed by atoms with Gasteiger partial charge in [0, 0.05) is 16.6 Å². The van der Waals surface area contributed by atoms with E-state index in [4.69, 9.17) is 27.9 Å². The lowest BCUT2D eigenvalue weighted by atomic mass is 9.89. The topological polar surface area (TPSA) is 55.8 Å². The number of halogens is 2. The van der Waals surface area contributed by atoms with E-state index >= 15 is 0 Å². The van der Waals surface area contributed by atoms with Crippen molar-refractivity contribution in [2.45, 2.75) is 32.4 Å². The van der Waals surface area contributed by atoms with Crippen LogP contribution in [0.25, 0.3) is 0 Å². The molecule has 148 valence electrons. The predicted octanol–water partition coefficient (Wildman–Crippen LogP) is 4.96. The van der Waals surface area contributed by atoms with Gasteiger partial charge in [-0.2, -0.15) is 0 Å². The van der Waals surface area contributed by atoms with Crippen molar-refractivity contribution in [3.05, 3.63) is 68.7 Å². The van der Waals surface area contributed by atoms with E-state index in [2.05, 4.69) is 4.74 Å². The molecule has 1 heterocycles. The first-order valence-corrected chi connectivity index (χ1v) is 9.71. The summed E-state index contributed by atoms with van der Waals surface area (Å²) in [5.74, 6) is -0.0237.